The molecule has 0 saturated carbocycles. The standard InChI is InChI=1S/C19H22N2O5/c1-4-9-26-18-16(24-2)10-13(11-17(18)25-3)12-20-21-19(23)14-7-5-6-8-15(14)22/h5-8,10-12,22H,4,9H2,1-3H3,(H,21,23)/b20-12-. The number of carbonyl (C=O) groups is 1. The first-order valence-corrected chi connectivity index (χ1v) is 8.10. The Kier molecular flexibility index (Phi) is 6.84. The molecule has 2 rings (SSSR count). The number of methoxy groups -OCH3 is 2. The molecule has 0 aromatic heterocycles. The van der Waals surface area contributed by atoms with Gasteiger partial charge in [0, 0.05) is 5.56 Å². The SMILES string of the molecule is CCCOc1c(OC)cc(/C=N\NC(=O)c2ccccc2O)cc1OC. The largest absolute Gasteiger partial charge is 0.507 e. The molecule has 1 amide bonds. The van der Waals surface area contributed by atoms with Crippen LogP contribution in [0.5, 0.6) is 23.0 Å². The highest BCUT2D eigenvalue weighted by molar-refractivity contribution is 5.97. The van der Waals surface area contributed by atoms with Crippen LogP contribution in [0.3, 0.4) is 0 Å². The molecule has 2 aromatic rings. The molecule has 0 heterocycles. The predicted molar refractivity (Wildman–Crippen MR) is 98.5 cm³/mol. The highest BCUT2D eigenvalue weighted by atomic mass is 16.5. The number of aromatic hydroxyl groups is 1. The molecule has 138 valence electrons. The smallest absolute Gasteiger partial charge is 0.275 e. The molecule has 0 aliphatic heterocycles. The molecule has 0 atom stereocenters. The van der Waals surface area contributed by atoms with Gasteiger partial charge in [0.15, 0.2) is 11.5 Å². The van der Waals surface area contributed by atoms with Crippen molar-refractivity contribution in [2.45, 2.75) is 13.3 Å². The van der Waals surface area contributed by atoms with E-state index in [0.717, 1.165) is 6.42 Å². The van der Waals surface area contributed by atoms with Crippen LogP contribution in [-0.4, -0.2) is 38.1 Å². The van der Waals surface area contributed by atoms with Gasteiger partial charge in [-0.15, -0.1) is 0 Å². The number of amides is 1. The second-order valence-electron chi connectivity index (χ2n) is 5.32. The lowest BCUT2D eigenvalue weighted by atomic mass is 10.2. The number of hydrazone groups is 1. The molecule has 0 radical (unpaired) electrons. The van der Waals surface area contributed by atoms with Gasteiger partial charge in [0.1, 0.15) is 5.75 Å². The Labute approximate surface area is 152 Å². The van der Waals surface area contributed by atoms with Crippen molar-refractivity contribution in [1.29, 1.82) is 0 Å². The fraction of sp³-hybridized carbons (Fsp3) is 0.263. The van der Waals surface area contributed by atoms with E-state index in [-0.39, 0.29) is 11.3 Å². The van der Waals surface area contributed by atoms with Crippen molar-refractivity contribution < 1.29 is 24.1 Å². The van der Waals surface area contributed by atoms with Gasteiger partial charge in [-0.1, -0.05) is 19.1 Å². The number of para-hydroxylation sites is 1. The molecule has 7 nitrogen and oxygen atoms in total. The van der Waals surface area contributed by atoms with Gasteiger partial charge in [0.25, 0.3) is 5.91 Å². The van der Waals surface area contributed by atoms with Crippen molar-refractivity contribution in [2.24, 2.45) is 5.10 Å². The average molecular weight is 358 g/mol. The number of nitrogens with zero attached hydrogens (tertiary/aromatic N) is 1. The lowest BCUT2D eigenvalue weighted by molar-refractivity contribution is 0.0952. The lowest BCUT2D eigenvalue weighted by Crippen LogP contribution is -2.17. The summed E-state index contributed by atoms with van der Waals surface area (Å²) in [7, 11) is 3.07. The monoisotopic (exact) mass is 358 g/mol. The maximum atomic E-state index is 12.0. The number of hydrogen-bond acceptors (Lipinski definition) is 6. The van der Waals surface area contributed by atoms with Crippen LogP contribution in [0.2, 0.25) is 0 Å². The number of ether oxygens (including phenoxy) is 3. The molecule has 0 spiro atoms. The first kappa shape index (κ1) is 19.1. The highest BCUT2D eigenvalue weighted by Crippen LogP contribution is 2.38. The summed E-state index contributed by atoms with van der Waals surface area (Å²) < 4.78 is 16.4. The third kappa shape index (κ3) is 4.66. The lowest BCUT2D eigenvalue weighted by Gasteiger charge is -2.14. The first-order valence-electron chi connectivity index (χ1n) is 8.10. The van der Waals surface area contributed by atoms with Gasteiger partial charge < -0.3 is 19.3 Å². The van der Waals surface area contributed by atoms with Crippen LogP contribution in [-0.2, 0) is 0 Å². The van der Waals surface area contributed by atoms with E-state index in [1.165, 1.54) is 32.6 Å². The number of hydrogen-bond donors (Lipinski definition) is 2. The Balaban J connectivity index is 2.17. The van der Waals surface area contributed by atoms with Gasteiger partial charge in [-0.05, 0) is 30.7 Å². The zero-order valence-electron chi connectivity index (χ0n) is 15.0. The van der Waals surface area contributed by atoms with Crippen LogP contribution in [0.15, 0.2) is 41.5 Å². The summed E-state index contributed by atoms with van der Waals surface area (Å²) in [4.78, 5) is 12.0. The van der Waals surface area contributed by atoms with Crippen molar-refractivity contribution in [2.75, 3.05) is 20.8 Å². The summed E-state index contributed by atoms with van der Waals surface area (Å²) in [5, 5.41) is 13.6. The number of nitrogens with one attached hydrogen (secondary N) is 1. The summed E-state index contributed by atoms with van der Waals surface area (Å²) >= 11 is 0. The summed E-state index contributed by atoms with van der Waals surface area (Å²) in [6.07, 6.45) is 2.31. The van der Waals surface area contributed by atoms with E-state index in [0.29, 0.717) is 29.4 Å². The summed E-state index contributed by atoms with van der Waals surface area (Å²) in [5.74, 6) is 0.909. The van der Waals surface area contributed by atoms with Crippen molar-refractivity contribution in [3.05, 3.63) is 47.5 Å². The van der Waals surface area contributed by atoms with Crippen LogP contribution < -0.4 is 19.6 Å². The number of rotatable bonds is 8. The van der Waals surface area contributed by atoms with E-state index < -0.39 is 5.91 Å². The Bertz CT molecular complexity index is 764. The second kappa shape index (κ2) is 9.31. The maximum Gasteiger partial charge on any atom is 0.275 e. The molecular formula is C19H22N2O5. The molecular weight excluding hydrogens is 336 g/mol. The fourth-order valence-corrected chi connectivity index (χ4v) is 2.21. The second-order valence-corrected chi connectivity index (χ2v) is 5.32. The fourth-order valence-electron chi connectivity index (χ4n) is 2.21. The normalized spacial score (nSPS) is 10.6. The van der Waals surface area contributed by atoms with E-state index in [1.807, 2.05) is 6.92 Å². The first-order chi connectivity index (χ1) is 12.6. The van der Waals surface area contributed by atoms with Gasteiger partial charge >= 0.3 is 0 Å². The van der Waals surface area contributed by atoms with Crippen LogP contribution in [0.4, 0.5) is 0 Å². The Morgan fingerprint density at radius 3 is 2.42 bits per heavy atom. The minimum atomic E-state index is -0.513. The third-order valence-electron chi connectivity index (χ3n) is 3.46. The highest BCUT2D eigenvalue weighted by Gasteiger charge is 2.14. The predicted octanol–water partition coefficient (Wildman–Crippen LogP) is 2.96. The number of benzene rings is 2. The molecule has 2 aromatic carbocycles. The number of carbonyl (C=O) groups excluding carboxylic acids is 1. The van der Waals surface area contributed by atoms with Crippen molar-refractivity contribution in [3.8, 4) is 23.0 Å². The Hall–Kier alpha value is -3.22. The summed E-state index contributed by atoms with van der Waals surface area (Å²) in [6, 6.07) is 9.68. The summed E-state index contributed by atoms with van der Waals surface area (Å²) in [6.45, 7) is 2.55. The maximum absolute atomic E-state index is 12.0. The quantitative estimate of drug-likeness (QED) is 0.559. The van der Waals surface area contributed by atoms with E-state index in [2.05, 4.69) is 10.5 Å². The van der Waals surface area contributed by atoms with Crippen molar-refractivity contribution >= 4 is 12.1 Å². The van der Waals surface area contributed by atoms with Gasteiger partial charge in [0.2, 0.25) is 5.75 Å². The van der Waals surface area contributed by atoms with Gasteiger partial charge in [0.05, 0.1) is 32.6 Å². The Morgan fingerprint density at radius 2 is 1.85 bits per heavy atom. The molecule has 26 heavy (non-hydrogen) atoms. The average Bonchev–Trinajstić information content (AvgIpc) is 2.66. The van der Waals surface area contributed by atoms with Gasteiger partial charge in [-0.3, -0.25) is 4.79 Å². The summed E-state index contributed by atoms with van der Waals surface area (Å²) in [5.41, 5.74) is 3.16. The molecule has 0 fully saturated rings. The van der Waals surface area contributed by atoms with Gasteiger partial charge in [-0.25, -0.2) is 5.43 Å². The van der Waals surface area contributed by atoms with Crippen molar-refractivity contribution in [3.63, 3.8) is 0 Å². The van der Waals surface area contributed by atoms with E-state index in [1.54, 1.807) is 24.3 Å². The van der Waals surface area contributed by atoms with Crippen LogP contribution in [0, 0.1) is 0 Å². The molecule has 0 aliphatic carbocycles. The molecule has 0 aliphatic rings. The Morgan fingerprint density at radius 1 is 1.19 bits per heavy atom. The van der Waals surface area contributed by atoms with Crippen LogP contribution in [0.1, 0.15) is 29.3 Å². The van der Waals surface area contributed by atoms with Crippen LogP contribution >= 0.6 is 0 Å². The van der Waals surface area contributed by atoms with E-state index in [9.17, 15) is 9.90 Å². The molecule has 2 N–H and O–H groups in total. The van der Waals surface area contributed by atoms with Crippen LogP contribution in [0.25, 0.3) is 0 Å². The minimum absolute atomic E-state index is 0.110. The van der Waals surface area contributed by atoms with Gasteiger partial charge in [-0.2, -0.15) is 5.10 Å². The topological polar surface area (TPSA) is 89.4 Å². The molecule has 0 unspecified atom stereocenters. The van der Waals surface area contributed by atoms with E-state index in [4.69, 9.17) is 14.2 Å². The zero-order valence-corrected chi connectivity index (χ0v) is 15.0. The zero-order chi connectivity index (χ0) is 18.9. The molecule has 7 heteroatoms. The van der Waals surface area contributed by atoms with Crippen molar-refractivity contribution in [1.82, 2.24) is 5.43 Å². The minimum Gasteiger partial charge on any atom is -0.507 e. The number of phenols is 1. The van der Waals surface area contributed by atoms with E-state index >= 15 is 0 Å². The molecule has 0 saturated heterocycles. The molecule has 0 bridgehead atoms. The third-order valence-corrected chi connectivity index (χ3v) is 3.46. The number of phenolic OH excluding ortho intramolecular Hbond substituents is 1.